The lowest BCUT2D eigenvalue weighted by atomic mass is 10.1. The van der Waals surface area contributed by atoms with Gasteiger partial charge in [0.1, 0.15) is 0 Å². The number of primary amides is 1. The second-order valence-electron chi connectivity index (χ2n) is 5.01. The van der Waals surface area contributed by atoms with Crippen molar-refractivity contribution in [3.63, 3.8) is 0 Å². The number of nitro groups is 1. The predicted octanol–water partition coefficient (Wildman–Crippen LogP) is 4.31. The molecule has 0 heterocycles. The number of hydrogen-bond acceptors (Lipinski definition) is 4. The lowest BCUT2D eigenvalue weighted by molar-refractivity contribution is -0.385. The first-order valence-electron chi connectivity index (χ1n) is 6.67. The zero-order valence-corrected chi connectivity index (χ0v) is 15.3. The van der Waals surface area contributed by atoms with Gasteiger partial charge in [-0.05, 0) is 53.0 Å². The molecule has 128 valence electrons. The maximum Gasteiger partial charge on any atom is 0.338 e. The molecule has 24 heavy (non-hydrogen) atoms. The number of nitro benzene ring substituents is 1. The molecule has 0 radical (unpaired) electrons. The molecular weight excluding hydrogens is 400 g/mol. The molecule has 0 aromatic heterocycles. The Hall–Kier alpha value is -2.32. The van der Waals surface area contributed by atoms with Gasteiger partial charge in [-0.15, -0.1) is 12.4 Å². The van der Waals surface area contributed by atoms with Gasteiger partial charge in [0.05, 0.1) is 20.8 Å². The molecule has 0 aliphatic heterocycles. The number of carbonyl (C=O) groups excluding carboxylic acids is 1. The Morgan fingerprint density at radius 3 is 2.46 bits per heavy atom. The van der Waals surface area contributed by atoms with Crippen LogP contribution in [0.5, 0.6) is 0 Å². The fraction of sp³-hybridized carbons (Fsp3) is 0.133. The monoisotopic (exact) mass is 414 g/mol. The normalized spacial score (nSPS) is 9.79. The highest BCUT2D eigenvalue weighted by atomic mass is 79.9. The summed E-state index contributed by atoms with van der Waals surface area (Å²) in [5.41, 5.74) is 11.0. The van der Waals surface area contributed by atoms with Crippen LogP contribution in [0.3, 0.4) is 0 Å². The molecule has 2 rings (SSSR count). The predicted molar refractivity (Wildman–Crippen MR) is 99.6 cm³/mol. The van der Waals surface area contributed by atoms with Crippen LogP contribution in [0.2, 0.25) is 0 Å². The van der Waals surface area contributed by atoms with E-state index in [0.717, 1.165) is 10.6 Å². The number of halogens is 2. The first-order chi connectivity index (χ1) is 10.8. The van der Waals surface area contributed by atoms with E-state index in [2.05, 4.69) is 21.4 Å². The Morgan fingerprint density at radius 2 is 1.96 bits per heavy atom. The van der Waals surface area contributed by atoms with Gasteiger partial charge in [-0.1, -0.05) is 12.1 Å². The number of aryl methyl sites for hydroxylation is 2. The third-order valence-electron chi connectivity index (χ3n) is 3.15. The van der Waals surface area contributed by atoms with Gasteiger partial charge in [-0.3, -0.25) is 15.5 Å². The van der Waals surface area contributed by atoms with Crippen molar-refractivity contribution in [2.24, 2.45) is 5.73 Å². The number of nitrogens with zero attached hydrogens (tertiary/aromatic N) is 2. The number of benzene rings is 2. The highest BCUT2D eigenvalue weighted by molar-refractivity contribution is 9.10. The van der Waals surface area contributed by atoms with Gasteiger partial charge >= 0.3 is 6.03 Å². The van der Waals surface area contributed by atoms with Crippen LogP contribution in [0.15, 0.2) is 40.9 Å². The van der Waals surface area contributed by atoms with Crippen LogP contribution in [0.25, 0.3) is 0 Å². The number of non-ortho nitro benzene ring substituents is 1. The lowest BCUT2D eigenvalue weighted by Gasteiger charge is -2.25. The van der Waals surface area contributed by atoms with Crippen LogP contribution < -0.4 is 16.2 Å². The summed E-state index contributed by atoms with van der Waals surface area (Å²) >= 11 is 3.27. The number of rotatable bonds is 4. The van der Waals surface area contributed by atoms with E-state index in [1.165, 1.54) is 12.1 Å². The fourth-order valence-corrected chi connectivity index (χ4v) is 2.90. The Labute approximate surface area is 153 Å². The smallest absolute Gasteiger partial charge is 0.338 e. The number of amides is 2. The third-order valence-corrected chi connectivity index (χ3v) is 3.76. The molecule has 0 unspecified atom stereocenters. The topological polar surface area (TPSA) is 102 Å². The average Bonchev–Trinajstić information content (AvgIpc) is 2.45. The molecule has 0 saturated carbocycles. The number of hydrogen-bond donors (Lipinski definition) is 2. The second kappa shape index (κ2) is 7.98. The van der Waals surface area contributed by atoms with Crippen LogP contribution >= 0.6 is 28.3 Å². The first-order valence-corrected chi connectivity index (χ1v) is 7.46. The molecular formula is C15H16BrClN4O3. The van der Waals surface area contributed by atoms with Gasteiger partial charge in [-0.25, -0.2) is 9.80 Å². The molecule has 2 amide bonds. The number of urea groups is 1. The molecule has 0 spiro atoms. The summed E-state index contributed by atoms with van der Waals surface area (Å²) in [4.78, 5) is 22.3. The highest BCUT2D eigenvalue weighted by Crippen LogP contribution is 2.34. The van der Waals surface area contributed by atoms with Crippen molar-refractivity contribution >= 4 is 51.4 Å². The van der Waals surface area contributed by atoms with E-state index in [0.29, 0.717) is 21.4 Å². The molecule has 2 aromatic rings. The van der Waals surface area contributed by atoms with Gasteiger partial charge in [0.15, 0.2) is 0 Å². The molecule has 9 heteroatoms. The van der Waals surface area contributed by atoms with Crippen LogP contribution in [0, 0.1) is 24.0 Å². The largest absolute Gasteiger partial charge is 0.350 e. The molecule has 2 aromatic carbocycles. The van der Waals surface area contributed by atoms with E-state index in [1.54, 1.807) is 13.0 Å². The number of anilines is 2. The van der Waals surface area contributed by atoms with E-state index in [9.17, 15) is 14.9 Å². The maximum absolute atomic E-state index is 11.8. The van der Waals surface area contributed by atoms with Gasteiger partial charge in [0.2, 0.25) is 0 Å². The molecule has 0 aliphatic rings. The number of nitrogens with two attached hydrogens (primary N) is 1. The van der Waals surface area contributed by atoms with Gasteiger partial charge in [0.25, 0.3) is 5.69 Å². The van der Waals surface area contributed by atoms with Crippen molar-refractivity contribution in [1.82, 2.24) is 0 Å². The summed E-state index contributed by atoms with van der Waals surface area (Å²) in [6, 6.07) is 9.39. The molecule has 0 aliphatic carbocycles. The summed E-state index contributed by atoms with van der Waals surface area (Å²) in [6.07, 6.45) is 0. The Balaban J connectivity index is 0.00000288. The SMILES string of the molecule is Cc1cccc(NN(C(N)=O)c2c(C)cc([N+](=O)[O-])cc2Br)c1.Cl. The highest BCUT2D eigenvalue weighted by Gasteiger charge is 2.21. The minimum Gasteiger partial charge on any atom is -0.350 e. The lowest BCUT2D eigenvalue weighted by Crippen LogP contribution is -2.41. The quantitative estimate of drug-likeness (QED) is 0.574. The van der Waals surface area contributed by atoms with Crippen molar-refractivity contribution in [1.29, 1.82) is 0 Å². The molecule has 0 bridgehead atoms. The second-order valence-corrected chi connectivity index (χ2v) is 5.86. The zero-order chi connectivity index (χ0) is 17.1. The average molecular weight is 416 g/mol. The Kier molecular flexibility index (Phi) is 6.56. The molecule has 0 saturated heterocycles. The van der Waals surface area contributed by atoms with E-state index in [-0.39, 0.29) is 18.1 Å². The summed E-state index contributed by atoms with van der Waals surface area (Å²) in [6.45, 7) is 3.59. The van der Waals surface area contributed by atoms with Crippen molar-refractivity contribution in [3.05, 3.63) is 62.1 Å². The van der Waals surface area contributed by atoms with Crippen LogP contribution in [0.4, 0.5) is 21.9 Å². The van der Waals surface area contributed by atoms with E-state index >= 15 is 0 Å². The number of hydrazine groups is 1. The van der Waals surface area contributed by atoms with E-state index in [1.807, 2.05) is 25.1 Å². The van der Waals surface area contributed by atoms with E-state index < -0.39 is 11.0 Å². The Bertz CT molecular complexity index is 762. The van der Waals surface area contributed by atoms with Crippen molar-refractivity contribution in [2.45, 2.75) is 13.8 Å². The molecule has 0 atom stereocenters. The summed E-state index contributed by atoms with van der Waals surface area (Å²) < 4.78 is 0.392. The minimum absolute atomic E-state index is 0. The van der Waals surface area contributed by atoms with Crippen molar-refractivity contribution in [2.75, 3.05) is 10.4 Å². The Morgan fingerprint density at radius 1 is 1.29 bits per heavy atom. The fourth-order valence-electron chi connectivity index (χ4n) is 2.17. The van der Waals surface area contributed by atoms with Crippen molar-refractivity contribution < 1.29 is 9.72 Å². The summed E-state index contributed by atoms with van der Waals surface area (Å²) in [5, 5.41) is 12.1. The number of nitrogens with one attached hydrogen (secondary N) is 1. The summed E-state index contributed by atoms with van der Waals surface area (Å²) in [5.74, 6) is 0. The van der Waals surface area contributed by atoms with Crippen LogP contribution in [0.1, 0.15) is 11.1 Å². The summed E-state index contributed by atoms with van der Waals surface area (Å²) in [7, 11) is 0. The van der Waals surface area contributed by atoms with Crippen LogP contribution in [-0.4, -0.2) is 11.0 Å². The first kappa shape index (κ1) is 19.7. The zero-order valence-electron chi connectivity index (χ0n) is 12.9. The number of carbonyl (C=O) groups is 1. The minimum atomic E-state index is -0.732. The van der Waals surface area contributed by atoms with Crippen LogP contribution in [-0.2, 0) is 0 Å². The van der Waals surface area contributed by atoms with Gasteiger partial charge in [0, 0.05) is 12.1 Å². The molecule has 7 nitrogen and oxygen atoms in total. The van der Waals surface area contributed by atoms with Crippen molar-refractivity contribution in [3.8, 4) is 0 Å². The van der Waals surface area contributed by atoms with Gasteiger partial charge < -0.3 is 5.73 Å². The standard InChI is InChI=1S/C15H15BrN4O3.ClH/c1-9-4-3-5-11(6-9)18-19(15(17)21)14-10(2)7-12(20(22)23)8-13(14)16;/h3-8,18H,1-2H3,(H2,17,21);1H. The molecule has 3 N–H and O–H groups in total. The third kappa shape index (κ3) is 4.36. The maximum atomic E-state index is 11.8. The van der Waals surface area contributed by atoms with Gasteiger partial charge in [-0.2, -0.15) is 0 Å². The van der Waals surface area contributed by atoms with E-state index in [4.69, 9.17) is 5.73 Å². The molecule has 0 fully saturated rings.